The van der Waals surface area contributed by atoms with Gasteiger partial charge in [0, 0.05) is 17.6 Å². The Morgan fingerprint density at radius 1 is 1.33 bits per heavy atom. The van der Waals surface area contributed by atoms with Gasteiger partial charge in [-0.25, -0.2) is 0 Å². The fourth-order valence-electron chi connectivity index (χ4n) is 1.76. The molecule has 18 heavy (non-hydrogen) atoms. The van der Waals surface area contributed by atoms with Crippen LogP contribution in [0.15, 0.2) is 18.2 Å². The van der Waals surface area contributed by atoms with Gasteiger partial charge in [-0.05, 0) is 38.0 Å². The minimum atomic E-state index is -0.182. The Balaban J connectivity index is 3.05. The zero-order valence-corrected chi connectivity index (χ0v) is 12.0. The van der Waals surface area contributed by atoms with E-state index in [1.54, 1.807) is 11.0 Å². The van der Waals surface area contributed by atoms with E-state index >= 15 is 0 Å². The molecule has 0 bridgehead atoms. The summed E-state index contributed by atoms with van der Waals surface area (Å²) in [5.74, 6) is 0.162. The van der Waals surface area contributed by atoms with Crippen LogP contribution in [0, 0.1) is 5.92 Å². The summed E-state index contributed by atoms with van der Waals surface area (Å²) >= 11 is 5.87. The molecule has 1 rings (SSSR count). The van der Waals surface area contributed by atoms with E-state index in [9.17, 15) is 9.90 Å². The van der Waals surface area contributed by atoms with Crippen molar-refractivity contribution in [3.05, 3.63) is 28.8 Å². The lowest BCUT2D eigenvalue weighted by Crippen LogP contribution is -2.39. The summed E-state index contributed by atoms with van der Waals surface area (Å²) in [6.07, 6.45) is 0. The van der Waals surface area contributed by atoms with E-state index in [2.05, 4.69) is 13.8 Å². The molecule has 0 aromatic heterocycles. The van der Waals surface area contributed by atoms with Gasteiger partial charge in [-0.15, -0.1) is 0 Å². The van der Waals surface area contributed by atoms with Crippen LogP contribution >= 0.6 is 11.6 Å². The van der Waals surface area contributed by atoms with E-state index in [0.29, 0.717) is 17.5 Å². The molecule has 0 radical (unpaired) electrons. The number of nitrogens with zero attached hydrogens (tertiary/aromatic N) is 1. The smallest absolute Gasteiger partial charge is 0.257 e. The molecule has 1 N–H and O–H groups in total. The molecule has 4 heteroatoms. The van der Waals surface area contributed by atoms with Crippen molar-refractivity contribution in [3.8, 4) is 5.75 Å². The number of carbonyl (C=O) groups is 1. The van der Waals surface area contributed by atoms with Crippen molar-refractivity contribution in [2.45, 2.75) is 33.7 Å². The lowest BCUT2D eigenvalue weighted by molar-refractivity contribution is 0.0679. The van der Waals surface area contributed by atoms with Crippen molar-refractivity contribution < 1.29 is 9.90 Å². The number of benzene rings is 1. The Bertz CT molecular complexity index is 430. The van der Waals surface area contributed by atoms with E-state index in [1.807, 2.05) is 13.8 Å². The Kier molecular flexibility index (Phi) is 5.03. The summed E-state index contributed by atoms with van der Waals surface area (Å²) < 4.78 is 0. The Hall–Kier alpha value is -1.22. The molecule has 0 saturated heterocycles. The standard InChI is InChI=1S/C14H20ClNO2/c1-9(2)8-16(10(3)4)14(18)12-7-11(15)5-6-13(12)17/h5-7,9-10,17H,8H2,1-4H3. The molecule has 0 aliphatic rings. The second-order valence-corrected chi connectivity index (χ2v) is 5.54. The molecule has 0 fully saturated rings. The number of halogens is 1. The van der Waals surface area contributed by atoms with Crippen LogP contribution in [0.1, 0.15) is 38.1 Å². The summed E-state index contributed by atoms with van der Waals surface area (Å²) in [6, 6.07) is 4.60. The largest absolute Gasteiger partial charge is 0.507 e. The van der Waals surface area contributed by atoms with Gasteiger partial charge in [0.2, 0.25) is 0 Å². The molecule has 1 amide bonds. The average molecular weight is 270 g/mol. The van der Waals surface area contributed by atoms with Crippen molar-refractivity contribution in [2.75, 3.05) is 6.54 Å². The summed E-state index contributed by atoms with van der Waals surface area (Å²) in [5, 5.41) is 10.2. The van der Waals surface area contributed by atoms with Gasteiger partial charge in [0.15, 0.2) is 0 Å². The maximum Gasteiger partial charge on any atom is 0.257 e. The van der Waals surface area contributed by atoms with Gasteiger partial charge in [-0.1, -0.05) is 25.4 Å². The first-order valence-electron chi connectivity index (χ1n) is 6.12. The molecule has 3 nitrogen and oxygen atoms in total. The quantitative estimate of drug-likeness (QED) is 0.908. The van der Waals surface area contributed by atoms with Gasteiger partial charge < -0.3 is 10.0 Å². The monoisotopic (exact) mass is 269 g/mol. The molecule has 0 saturated carbocycles. The first kappa shape index (κ1) is 14.8. The van der Waals surface area contributed by atoms with Crippen LogP contribution in [-0.2, 0) is 0 Å². The van der Waals surface area contributed by atoms with Gasteiger partial charge in [0.25, 0.3) is 5.91 Å². The van der Waals surface area contributed by atoms with Crippen molar-refractivity contribution in [3.63, 3.8) is 0 Å². The van der Waals surface area contributed by atoms with Crippen LogP contribution in [-0.4, -0.2) is 28.5 Å². The third-order valence-electron chi connectivity index (χ3n) is 2.64. The number of phenolic OH excluding ortho intramolecular Hbond substituents is 1. The molecule has 0 aliphatic carbocycles. The van der Waals surface area contributed by atoms with E-state index in [0.717, 1.165) is 0 Å². The van der Waals surface area contributed by atoms with Crippen molar-refractivity contribution in [1.29, 1.82) is 0 Å². The lowest BCUT2D eigenvalue weighted by atomic mass is 10.1. The van der Waals surface area contributed by atoms with Crippen LogP contribution in [0.3, 0.4) is 0 Å². The molecule has 0 aliphatic heterocycles. The van der Waals surface area contributed by atoms with Gasteiger partial charge in [0.1, 0.15) is 5.75 Å². The molecular weight excluding hydrogens is 250 g/mol. The second kappa shape index (κ2) is 6.10. The van der Waals surface area contributed by atoms with Crippen molar-refractivity contribution in [2.24, 2.45) is 5.92 Å². The van der Waals surface area contributed by atoms with Crippen LogP contribution < -0.4 is 0 Å². The number of hydrogen-bond donors (Lipinski definition) is 1. The fraction of sp³-hybridized carbons (Fsp3) is 0.500. The van der Waals surface area contributed by atoms with Gasteiger partial charge in [-0.2, -0.15) is 0 Å². The maximum absolute atomic E-state index is 12.4. The summed E-state index contributed by atoms with van der Waals surface area (Å²) in [4.78, 5) is 14.1. The lowest BCUT2D eigenvalue weighted by Gasteiger charge is -2.28. The highest BCUT2D eigenvalue weighted by atomic mass is 35.5. The molecule has 1 aromatic carbocycles. The van der Waals surface area contributed by atoms with Crippen molar-refractivity contribution in [1.82, 2.24) is 4.90 Å². The van der Waals surface area contributed by atoms with E-state index in [1.165, 1.54) is 12.1 Å². The summed E-state index contributed by atoms with van der Waals surface area (Å²) in [6.45, 7) is 8.69. The van der Waals surface area contributed by atoms with Crippen molar-refractivity contribution >= 4 is 17.5 Å². The van der Waals surface area contributed by atoms with Crippen LogP contribution in [0.25, 0.3) is 0 Å². The number of carbonyl (C=O) groups excluding carboxylic acids is 1. The number of amides is 1. The van der Waals surface area contributed by atoms with Crippen LogP contribution in [0.4, 0.5) is 0 Å². The highest BCUT2D eigenvalue weighted by Crippen LogP contribution is 2.24. The molecule has 1 aromatic rings. The average Bonchev–Trinajstić information content (AvgIpc) is 2.27. The third kappa shape index (κ3) is 3.64. The first-order valence-corrected chi connectivity index (χ1v) is 6.50. The summed E-state index contributed by atoms with van der Waals surface area (Å²) in [7, 11) is 0. The zero-order chi connectivity index (χ0) is 13.9. The van der Waals surface area contributed by atoms with Gasteiger partial charge in [0.05, 0.1) is 5.56 Å². The SMILES string of the molecule is CC(C)CN(C(=O)c1cc(Cl)ccc1O)C(C)C. The topological polar surface area (TPSA) is 40.5 Å². The molecule has 0 spiro atoms. The number of phenols is 1. The zero-order valence-electron chi connectivity index (χ0n) is 11.3. The highest BCUT2D eigenvalue weighted by Gasteiger charge is 2.22. The number of rotatable bonds is 4. The number of aromatic hydroxyl groups is 1. The third-order valence-corrected chi connectivity index (χ3v) is 2.87. The normalized spacial score (nSPS) is 11.1. The second-order valence-electron chi connectivity index (χ2n) is 5.11. The molecule has 0 atom stereocenters. The van der Waals surface area contributed by atoms with E-state index in [4.69, 9.17) is 11.6 Å². The summed E-state index contributed by atoms with van der Waals surface area (Å²) in [5.41, 5.74) is 0.261. The molecular formula is C14H20ClNO2. The maximum atomic E-state index is 12.4. The minimum Gasteiger partial charge on any atom is -0.507 e. The molecule has 0 unspecified atom stereocenters. The highest BCUT2D eigenvalue weighted by molar-refractivity contribution is 6.31. The Morgan fingerprint density at radius 2 is 1.94 bits per heavy atom. The predicted molar refractivity (Wildman–Crippen MR) is 74.1 cm³/mol. The van der Waals surface area contributed by atoms with E-state index < -0.39 is 0 Å². The molecule has 0 heterocycles. The Morgan fingerprint density at radius 3 is 2.44 bits per heavy atom. The van der Waals surface area contributed by atoms with Crippen LogP contribution in [0.5, 0.6) is 5.75 Å². The minimum absolute atomic E-state index is 0.0289. The Labute approximate surface area is 113 Å². The predicted octanol–water partition coefficient (Wildman–Crippen LogP) is 3.55. The van der Waals surface area contributed by atoms with Gasteiger partial charge in [-0.3, -0.25) is 4.79 Å². The van der Waals surface area contributed by atoms with Crippen LogP contribution in [0.2, 0.25) is 5.02 Å². The van der Waals surface area contributed by atoms with Gasteiger partial charge >= 0.3 is 0 Å². The fourth-order valence-corrected chi connectivity index (χ4v) is 1.93. The number of hydrogen-bond acceptors (Lipinski definition) is 2. The molecule has 100 valence electrons. The van der Waals surface area contributed by atoms with E-state index in [-0.39, 0.29) is 23.3 Å². The first-order chi connectivity index (χ1) is 8.32.